The largest absolute Gasteiger partial charge is 0.493 e. The smallest absolute Gasteiger partial charge is 0.305 e. The number of carbonyl (C=O) groups is 5. The van der Waals surface area contributed by atoms with Crippen molar-refractivity contribution in [3.05, 3.63) is 82.2 Å². The number of allylic oxidation sites excluding steroid dienone is 2. The van der Waals surface area contributed by atoms with Crippen LogP contribution in [0.2, 0.25) is 0 Å². The first kappa shape index (κ1) is 64.9. The molecule has 0 radical (unpaired) electrons. The van der Waals surface area contributed by atoms with Gasteiger partial charge in [0, 0.05) is 100 Å². The number of amides is 4. The van der Waals surface area contributed by atoms with Gasteiger partial charge in [-0.1, -0.05) is 37.1 Å². The summed E-state index contributed by atoms with van der Waals surface area (Å²) in [5.41, 5.74) is 5.31. The van der Waals surface area contributed by atoms with Crippen molar-refractivity contribution in [1.82, 2.24) is 29.9 Å². The van der Waals surface area contributed by atoms with Gasteiger partial charge in [0.1, 0.15) is 25.6 Å². The van der Waals surface area contributed by atoms with Gasteiger partial charge in [-0.2, -0.15) is 0 Å². The lowest BCUT2D eigenvalue weighted by atomic mass is 10.1. The van der Waals surface area contributed by atoms with Gasteiger partial charge < -0.3 is 67.8 Å². The molecular weight excluding hydrogens is 1130 g/mol. The Bertz CT molecular complexity index is 2850. The maximum atomic E-state index is 13.8. The number of carboxylic acid groups (broad SMARTS) is 1. The van der Waals surface area contributed by atoms with Gasteiger partial charge in [-0.3, -0.25) is 43.8 Å². The van der Waals surface area contributed by atoms with Crippen LogP contribution >= 0.6 is 11.8 Å². The van der Waals surface area contributed by atoms with Crippen LogP contribution in [0.25, 0.3) is 0 Å². The van der Waals surface area contributed by atoms with Crippen LogP contribution in [0.5, 0.6) is 28.7 Å². The van der Waals surface area contributed by atoms with Gasteiger partial charge in [0.15, 0.2) is 23.0 Å². The van der Waals surface area contributed by atoms with Crippen molar-refractivity contribution in [2.45, 2.75) is 89.8 Å². The molecule has 1 unspecified atom stereocenters. The van der Waals surface area contributed by atoms with Gasteiger partial charge in [-0.25, -0.2) is 0 Å². The molecule has 6 heterocycles. The normalized spacial score (nSPS) is 18.4. The predicted octanol–water partition coefficient (Wildman–Crippen LogP) is 6.48. The van der Waals surface area contributed by atoms with Crippen LogP contribution in [-0.2, 0) is 46.5 Å². The fourth-order valence-electron chi connectivity index (χ4n) is 10.3. The molecule has 3 fully saturated rings. The van der Waals surface area contributed by atoms with Crippen molar-refractivity contribution >= 4 is 65.2 Å². The van der Waals surface area contributed by atoms with E-state index in [0.29, 0.717) is 181 Å². The molecule has 23 nitrogen and oxygen atoms in total. The summed E-state index contributed by atoms with van der Waals surface area (Å²) in [6.45, 7) is 15.8. The molecule has 0 saturated carbocycles. The molecule has 3 saturated heterocycles. The number of rotatable bonds is 33. The molecular formula is C62H82N8O15S. The van der Waals surface area contributed by atoms with Crippen molar-refractivity contribution in [2.75, 3.05) is 132 Å². The van der Waals surface area contributed by atoms with Crippen LogP contribution < -0.4 is 29.0 Å². The second-order valence-electron chi connectivity index (χ2n) is 21.8. The highest BCUT2D eigenvalue weighted by molar-refractivity contribution is 8.01. The van der Waals surface area contributed by atoms with Crippen LogP contribution in [0.4, 0.5) is 11.4 Å². The summed E-state index contributed by atoms with van der Waals surface area (Å²) in [5.74, 6) is 1.21. The third-order valence-corrected chi connectivity index (χ3v) is 16.8. The Morgan fingerprint density at radius 1 is 0.663 bits per heavy atom. The maximum Gasteiger partial charge on any atom is 0.305 e. The van der Waals surface area contributed by atoms with E-state index in [1.54, 1.807) is 24.3 Å². The van der Waals surface area contributed by atoms with Crippen molar-refractivity contribution < 1.29 is 71.7 Å². The molecule has 2 aromatic carbocycles. The molecule has 5 aliphatic rings. The first-order valence-electron chi connectivity index (χ1n) is 29.4. The molecule has 0 spiro atoms. The Morgan fingerprint density at radius 3 is 1.67 bits per heavy atom. The van der Waals surface area contributed by atoms with Gasteiger partial charge in [0.05, 0.1) is 125 Å². The number of aliphatic imine (C=N–C) groups is 2. The topological polar surface area (TPSA) is 251 Å². The highest BCUT2D eigenvalue weighted by atomic mass is 32.2. The fourth-order valence-corrected chi connectivity index (χ4v) is 11.2. The van der Waals surface area contributed by atoms with Crippen molar-refractivity contribution in [1.29, 1.82) is 0 Å². The average molecular weight is 1210 g/mol. The summed E-state index contributed by atoms with van der Waals surface area (Å²) in [6, 6.07) is 10.2. The number of ether oxygens (including phenoxy) is 9. The van der Waals surface area contributed by atoms with Crippen LogP contribution in [0.15, 0.2) is 69.7 Å². The molecule has 3 aromatic rings. The number of hydrogen-bond acceptors (Lipinski definition) is 19. The van der Waals surface area contributed by atoms with Crippen molar-refractivity contribution in [2.24, 2.45) is 9.98 Å². The van der Waals surface area contributed by atoms with E-state index in [9.17, 15) is 24.0 Å². The Kier molecular flexibility index (Phi) is 24.2. The first-order valence-corrected chi connectivity index (χ1v) is 30.4. The van der Waals surface area contributed by atoms with E-state index in [1.165, 1.54) is 37.1 Å². The third kappa shape index (κ3) is 18.5. The van der Waals surface area contributed by atoms with E-state index in [0.717, 1.165) is 12.8 Å². The molecule has 2 atom stereocenters. The molecule has 4 amide bonds. The summed E-state index contributed by atoms with van der Waals surface area (Å²) in [5, 5.41) is 11.5. The number of aromatic nitrogens is 1. The number of hydrogen-bond donors (Lipinski definition) is 2. The number of piperazine rings is 1. The zero-order valence-corrected chi connectivity index (χ0v) is 51.1. The van der Waals surface area contributed by atoms with Crippen LogP contribution in [0.3, 0.4) is 0 Å². The lowest BCUT2D eigenvalue weighted by Gasteiger charge is -2.35. The zero-order valence-electron chi connectivity index (χ0n) is 50.3. The number of pyridine rings is 1. The number of benzene rings is 2. The molecule has 86 heavy (non-hydrogen) atoms. The lowest BCUT2D eigenvalue weighted by molar-refractivity contribution is -0.138. The number of methoxy groups -OCH3 is 2. The second kappa shape index (κ2) is 32.1. The maximum absolute atomic E-state index is 13.8. The summed E-state index contributed by atoms with van der Waals surface area (Å²) in [6.07, 6.45) is 10.2. The zero-order chi connectivity index (χ0) is 61.0. The van der Waals surface area contributed by atoms with Crippen molar-refractivity contribution in [3.63, 3.8) is 0 Å². The summed E-state index contributed by atoms with van der Waals surface area (Å²) >= 11 is 1.52. The van der Waals surface area contributed by atoms with E-state index < -0.39 is 5.97 Å². The minimum atomic E-state index is -0.898. The Labute approximate surface area is 507 Å². The molecule has 2 N–H and O–H groups in total. The molecule has 1 aromatic heterocycles. The number of aliphatic carboxylic acids is 1. The average Bonchev–Trinajstić information content (AvgIpc) is 4.12. The highest BCUT2D eigenvalue weighted by Crippen LogP contribution is 2.41. The fraction of sp³-hybridized carbons (Fsp3) is 0.548. The monoisotopic (exact) mass is 1210 g/mol. The number of thioether (sulfide) groups is 1. The molecule has 24 heteroatoms. The van der Waals surface area contributed by atoms with Gasteiger partial charge in [0.2, 0.25) is 11.8 Å². The molecule has 466 valence electrons. The second-order valence-corrected chi connectivity index (χ2v) is 23.5. The minimum Gasteiger partial charge on any atom is -0.493 e. The molecule has 0 aliphatic carbocycles. The van der Waals surface area contributed by atoms with Crippen LogP contribution in [0, 0.1) is 0 Å². The van der Waals surface area contributed by atoms with E-state index in [-0.39, 0.29) is 72.5 Å². The number of carboxylic acids is 1. The summed E-state index contributed by atoms with van der Waals surface area (Å²) in [4.78, 5) is 86.4. The third-order valence-electron chi connectivity index (χ3n) is 15.4. The summed E-state index contributed by atoms with van der Waals surface area (Å²) in [7, 11) is 3.06. The quantitative estimate of drug-likeness (QED) is 0.0489. The number of nitrogens with one attached hydrogen (secondary N) is 1. The Balaban J connectivity index is 0.801. The van der Waals surface area contributed by atoms with E-state index >= 15 is 0 Å². The SMILES string of the molecule is C/C=C1\CC2C=Nc3cc(OCc4cc(OCCN5CCN(C(=O)CCC(C)(C)SCC(=O)NCCOCCOCCOCCOCCC(=O)O)CC5)cc(COc5cc6c(cc5OC)C(=O)N5C/C(=C/C)C[C@H]5C=N6)n4)c(OC)cc3C(=O)N2C1. The molecule has 5 aliphatic heterocycles. The number of fused-ring (bicyclic) bond motifs is 4. The van der Waals surface area contributed by atoms with Crippen LogP contribution in [-0.4, -0.2) is 220 Å². The van der Waals surface area contributed by atoms with Gasteiger partial charge in [0.25, 0.3) is 11.8 Å². The minimum absolute atomic E-state index is 0.0107. The number of carbonyl (C=O) groups excluding carboxylic acids is 4. The van der Waals surface area contributed by atoms with Crippen molar-refractivity contribution in [3.8, 4) is 28.7 Å². The van der Waals surface area contributed by atoms with Gasteiger partial charge >= 0.3 is 5.97 Å². The van der Waals surface area contributed by atoms with E-state index in [4.69, 9.17) is 62.7 Å². The van der Waals surface area contributed by atoms with Gasteiger partial charge in [-0.15, -0.1) is 11.8 Å². The Hall–Kier alpha value is -7.09. The molecule has 0 bridgehead atoms. The predicted molar refractivity (Wildman–Crippen MR) is 324 cm³/mol. The number of nitrogens with zero attached hydrogens (tertiary/aromatic N) is 7. The van der Waals surface area contributed by atoms with Gasteiger partial charge in [-0.05, 0) is 45.2 Å². The van der Waals surface area contributed by atoms with E-state index in [1.807, 2.05) is 53.1 Å². The van der Waals surface area contributed by atoms with E-state index in [2.05, 4.69) is 36.2 Å². The van der Waals surface area contributed by atoms with Crippen LogP contribution in [0.1, 0.15) is 91.9 Å². The standard InChI is InChI=1S/C62H82N8O15S/c1-7-42-27-46-35-64-51-33-55(53(77-5)31-49(51)60(75)69(46)37-42)84-39-44-29-48(30-45(66-44)40-85-56-34-52-50(32-54(56)78-6)61(76)70-38-43(8-2)28-47(70)36-65-52)83-20-17-67-13-15-68(16-14-67)58(72)9-11-62(3,4)86-41-57(71)63-12-19-80-22-24-82-26-25-81-23-21-79-18-10-59(73)74/h7-8,29-36,46-47H,9-28,37-41H2,1-6H3,(H,63,71)(H,73,74)/b42-7+,43-8+/t46-,47?/m0/s1. The highest BCUT2D eigenvalue weighted by Gasteiger charge is 2.36. The molecule has 8 rings (SSSR count). The first-order chi connectivity index (χ1) is 41.6. The summed E-state index contributed by atoms with van der Waals surface area (Å²) < 4.78 is 52.1. The lowest BCUT2D eigenvalue weighted by Crippen LogP contribution is -2.49. The Morgan fingerprint density at radius 2 is 1.17 bits per heavy atom.